The van der Waals surface area contributed by atoms with Gasteiger partial charge in [-0.15, -0.1) is 0 Å². The van der Waals surface area contributed by atoms with Gasteiger partial charge < -0.3 is 11.1 Å². The fourth-order valence-electron chi connectivity index (χ4n) is 2.02. The van der Waals surface area contributed by atoms with E-state index in [0.29, 0.717) is 12.1 Å². The number of hydrogen-bond donors (Lipinski definition) is 2. The minimum atomic E-state index is -0.0353. The van der Waals surface area contributed by atoms with Crippen molar-refractivity contribution in [2.75, 3.05) is 5.73 Å². The molecule has 0 spiro atoms. The molecule has 0 aliphatic carbocycles. The summed E-state index contributed by atoms with van der Waals surface area (Å²) in [5, 5.41) is 3.00. The zero-order valence-corrected chi connectivity index (χ0v) is 12.9. The molecule has 0 aliphatic rings. The Hall–Kier alpha value is -1.81. The molecule has 0 aliphatic heterocycles. The Morgan fingerprint density at radius 1 is 1.20 bits per heavy atom. The number of nitrogens with one attached hydrogen (secondary N) is 1. The average Bonchev–Trinajstić information content (AvgIpc) is 2.41. The van der Waals surface area contributed by atoms with Crippen LogP contribution in [0.2, 0.25) is 0 Å². The summed E-state index contributed by atoms with van der Waals surface area (Å²) in [5.41, 5.74) is 8.35. The van der Waals surface area contributed by atoms with Crippen molar-refractivity contribution < 1.29 is 4.79 Å². The van der Waals surface area contributed by atoms with Crippen molar-refractivity contribution in [1.29, 1.82) is 0 Å². The number of benzene rings is 2. The lowest BCUT2D eigenvalue weighted by atomic mass is 10.1. The van der Waals surface area contributed by atoms with Crippen molar-refractivity contribution in [1.82, 2.24) is 5.32 Å². The number of hydrogen-bond acceptors (Lipinski definition) is 2. The molecule has 0 saturated heterocycles. The van der Waals surface area contributed by atoms with E-state index >= 15 is 0 Å². The quantitative estimate of drug-likeness (QED) is 0.842. The lowest BCUT2D eigenvalue weighted by molar-refractivity contribution is -0.121. The van der Waals surface area contributed by atoms with Crippen LogP contribution >= 0.6 is 15.9 Å². The van der Waals surface area contributed by atoms with Crippen molar-refractivity contribution in [3.8, 4) is 0 Å². The number of amides is 1. The SMILES string of the molecule is C[C@H](NC(=O)Cc1ccc(N)cc1)c1ccccc1Br. The Bertz CT molecular complexity index is 596. The summed E-state index contributed by atoms with van der Waals surface area (Å²) in [4.78, 5) is 12.0. The summed E-state index contributed by atoms with van der Waals surface area (Å²) >= 11 is 3.50. The van der Waals surface area contributed by atoms with E-state index in [0.717, 1.165) is 15.6 Å². The van der Waals surface area contributed by atoms with E-state index in [1.54, 1.807) is 12.1 Å². The van der Waals surface area contributed by atoms with Crippen LogP contribution in [0.5, 0.6) is 0 Å². The van der Waals surface area contributed by atoms with Crippen molar-refractivity contribution in [3.63, 3.8) is 0 Å². The number of carbonyl (C=O) groups excluding carboxylic acids is 1. The third-order valence-corrected chi connectivity index (χ3v) is 3.82. The van der Waals surface area contributed by atoms with E-state index in [-0.39, 0.29) is 11.9 Å². The van der Waals surface area contributed by atoms with Crippen molar-refractivity contribution in [3.05, 3.63) is 64.1 Å². The van der Waals surface area contributed by atoms with Gasteiger partial charge in [0.1, 0.15) is 0 Å². The van der Waals surface area contributed by atoms with Crippen molar-refractivity contribution >= 4 is 27.5 Å². The van der Waals surface area contributed by atoms with Crippen LogP contribution in [0.1, 0.15) is 24.1 Å². The van der Waals surface area contributed by atoms with E-state index in [9.17, 15) is 4.79 Å². The fourth-order valence-corrected chi connectivity index (χ4v) is 2.65. The van der Waals surface area contributed by atoms with Gasteiger partial charge in [0.05, 0.1) is 12.5 Å². The smallest absolute Gasteiger partial charge is 0.224 e. The van der Waals surface area contributed by atoms with Crippen LogP contribution in [0.3, 0.4) is 0 Å². The maximum absolute atomic E-state index is 12.0. The molecule has 104 valence electrons. The molecular formula is C16H17BrN2O. The van der Waals surface area contributed by atoms with E-state index in [4.69, 9.17) is 5.73 Å². The molecule has 0 aromatic heterocycles. The molecule has 2 aromatic carbocycles. The summed E-state index contributed by atoms with van der Waals surface area (Å²) in [6.07, 6.45) is 0.356. The van der Waals surface area contributed by atoms with Gasteiger partial charge in [-0.3, -0.25) is 4.79 Å². The second kappa shape index (κ2) is 6.57. The summed E-state index contributed by atoms with van der Waals surface area (Å²) < 4.78 is 1.00. The van der Waals surface area contributed by atoms with Gasteiger partial charge in [0.15, 0.2) is 0 Å². The first kappa shape index (κ1) is 14.6. The minimum absolute atomic E-state index is 0.00183. The topological polar surface area (TPSA) is 55.1 Å². The molecule has 4 heteroatoms. The predicted molar refractivity (Wildman–Crippen MR) is 85.3 cm³/mol. The zero-order chi connectivity index (χ0) is 14.5. The lowest BCUT2D eigenvalue weighted by Gasteiger charge is -2.16. The fraction of sp³-hybridized carbons (Fsp3) is 0.188. The Labute approximate surface area is 127 Å². The molecule has 3 N–H and O–H groups in total. The van der Waals surface area contributed by atoms with Gasteiger partial charge in [0, 0.05) is 10.2 Å². The van der Waals surface area contributed by atoms with Crippen molar-refractivity contribution in [2.24, 2.45) is 0 Å². The van der Waals surface area contributed by atoms with Crippen LogP contribution < -0.4 is 11.1 Å². The summed E-state index contributed by atoms with van der Waals surface area (Å²) in [6, 6.07) is 15.2. The Morgan fingerprint density at radius 2 is 1.85 bits per heavy atom. The van der Waals surface area contributed by atoms with Crippen molar-refractivity contribution in [2.45, 2.75) is 19.4 Å². The molecule has 3 nitrogen and oxygen atoms in total. The molecule has 0 fully saturated rings. The van der Waals surface area contributed by atoms with Gasteiger partial charge in [0.25, 0.3) is 0 Å². The van der Waals surface area contributed by atoms with Gasteiger partial charge in [-0.2, -0.15) is 0 Å². The Morgan fingerprint density at radius 3 is 2.50 bits per heavy atom. The summed E-state index contributed by atoms with van der Waals surface area (Å²) in [6.45, 7) is 1.97. The third kappa shape index (κ3) is 3.84. The average molecular weight is 333 g/mol. The molecule has 0 radical (unpaired) electrons. The van der Waals surface area contributed by atoms with Crippen LogP contribution in [0, 0.1) is 0 Å². The highest BCUT2D eigenvalue weighted by Crippen LogP contribution is 2.22. The highest BCUT2D eigenvalue weighted by atomic mass is 79.9. The first-order valence-corrected chi connectivity index (χ1v) is 7.24. The zero-order valence-electron chi connectivity index (χ0n) is 11.3. The van der Waals surface area contributed by atoms with Crippen LogP contribution in [0.25, 0.3) is 0 Å². The molecule has 1 atom stereocenters. The second-order valence-electron chi connectivity index (χ2n) is 4.73. The lowest BCUT2D eigenvalue weighted by Crippen LogP contribution is -2.28. The maximum atomic E-state index is 12.0. The van der Waals surface area contributed by atoms with E-state index in [1.165, 1.54) is 0 Å². The standard InChI is InChI=1S/C16H17BrN2O/c1-11(14-4-2-3-5-15(14)17)19-16(20)10-12-6-8-13(18)9-7-12/h2-9,11H,10,18H2,1H3,(H,19,20)/t11-/m0/s1. The molecule has 0 unspecified atom stereocenters. The molecule has 0 bridgehead atoms. The van der Waals surface area contributed by atoms with Crippen LogP contribution in [0.15, 0.2) is 53.0 Å². The highest BCUT2D eigenvalue weighted by molar-refractivity contribution is 9.10. The number of carbonyl (C=O) groups is 1. The van der Waals surface area contributed by atoms with Gasteiger partial charge >= 0.3 is 0 Å². The summed E-state index contributed by atoms with van der Waals surface area (Å²) in [7, 11) is 0. The normalized spacial score (nSPS) is 11.9. The van der Waals surface area contributed by atoms with Crippen LogP contribution in [-0.4, -0.2) is 5.91 Å². The third-order valence-electron chi connectivity index (χ3n) is 3.09. The maximum Gasteiger partial charge on any atom is 0.224 e. The number of halogens is 1. The van der Waals surface area contributed by atoms with Crippen LogP contribution in [0.4, 0.5) is 5.69 Å². The first-order chi connectivity index (χ1) is 9.56. The van der Waals surface area contributed by atoms with Gasteiger partial charge in [-0.1, -0.05) is 46.3 Å². The monoisotopic (exact) mass is 332 g/mol. The predicted octanol–water partition coefficient (Wildman–Crippen LogP) is 3.45. The molecular weight excluding hydrogens is 316 g/mol. The van der Waals surface area contributed by atoms with Gasteiger partial charge in [0.2, 0.25) is 5.91 Å². The summed E-state index contributed by atoms with van der Waals surface area (Å²) in [5.74, 6) is -0.00183. The largest absolute Gasteiger partial charge is 0.399 e. The second-order valence-corrected chi connectivity index (χ2v) is 5.58. The molecule has 1 amide bonds. The molecule has 0 saturated carbocycles. The number of nitrogens with two attached hydrogens (primary N) is 1. The number of anilines is 1. The first-order valence-electron chi connectivity index (χ1n) is 6.44. The molecule has 0 heterocycles. The van der Waals surface area contributed by atoms with E-state index in [2.05, 4.69) is 21.2 Å². The molecule has 2 aromatic rings. The Kier molecular flexibility index (Phi) is 4.79. The minimum Gasteiger partial charge on any atom is -0.399 e. The molecule has 2 rings (SSSR count). The Balaban J connectivity index is 1.98. The number of rotatable bonds is 4. The van der Waals surface area contributed by atoms with E-state index in [1.807, 2.05) is 43.3 Å². The van der Waals surface area contributed by atoms with Gasteiger partial charge in [-0.25, -0.2) is 0 Å². The number of nitrogen functional groups attached to an aromatic ring is 1. The van der Waals surface area contributed by atoms with Crippen LogP contribution in [-0.2, 0) is 11.2 Å². The van der Waals surface area contributed by atoms with Gasteiger partial charge in [-0.05, 0) is 36.2 Å². The van der Waals surface area contributed by atoms with E-state index < -0.39 is 0 Å². The molecule has 20 heavy (non-hydrogen) atoms. The highest BCUT2D eigenvalue weighted by Gasteiger charge is 2.12.